The Morgan fingerprint density at radius 1 is 1.37 bits per heavy atom. The highest BCUT2D eigenvalue weighted by Crippen LogP contribution is 2.24. The van der Waals surface area contributed by atoms with Crippen molar-refractivity contribution in [1.82, 2.24) is 4.90 Å². The molecule has 2 rings (SSSR count). The van der Waals surface area contributed by atoms with Gasteiger partial charge in [0.2, 0.25) is 5.91 Å². The van der Waals surface area contributed by atoms with E-state index in [0.29, 0.717) is 6.42 Å². The zero-order chi connectivity index (χ0) is 13.7. The third-order valence-corrected chi connectivity index (χ3v) is 3.43. The lowest BCUT2D eigenvalue weighted by Crippen LogP contribution is -2.31. The van der Waals surface area contributed by atoms with Crippen molar-refractivity contribution in [1.29, 1.82) is 0 Å². The van der Waals surface area contributed by atoms with Crippen LogP contribution >= 0.6 is 0 Å². The van der Waals surface area contributed by atoms with Crippen LogP contribution in [0.15, 0.2) is 30.3 Å². The molecule has 1 aromatic carbocycles. The first kappa shape index (κ1) is 13.6. The van der Waals surface area contributed by atoms with Crippen LogP contribution in [-0.4, -0.2) is 37.6 Å². The average Bonchev–Trinajstić information content (AvgIpc) is 2.46. The van der Waals surface area contributed by atoms with Crippen LogP contribution in [0.1, 0.15) is 18.4 Å². The molecule has 2 N–H and O–H groups in total. The number of nitrogens with two attached hydrogens (primary N) is 1. The number of carbonyl (C=O) groups excluding carboxylic acids is 1. The van der Waals surface area contributed by atoms with Crippen LogP contribution < -0.4 is 10.5 Å². The van der Waals surface area contributed by atoms with Crippen LogP contribution in [0.25, 0.3) is 5.57 Å². The first-order chi connectivity index (χ1) is 9.19. The van der Waals surface area contributed by atoms with Crippen molar-refractivity contribution in [3.63, 3.8) is 0 Å². The van der Waals surface area contributed by atoms with Crippen molar-refractivity contribution in [2.24, 2.45) is 5.73 Å². The molecule has 0 unspecified atom stereocenters. The number of rotatable bonds is 5. The molecule has 0 radical (unpaired) electrons. The van der Waals surface area contributed by atoms with E-state index < -0.39 is 0 Å². The number of hydrogen-bond acceptors (Lipinski definition) is 3. The fourth-order valence-corrected chi connectivity index (χ4v) is 2.25. The van der Waals surface area contributed by atoms with Crippen molar-refractivity contribution in [3.05, 3.63) is 35.9 Å². The van der Waals surface area contributed by atoms with Crippen LogP contribution in [0.2, 0.25) is 0 Å². The van der Waals surface area contributed by atoms with Gasteiger partial charge in [0.1, 0.15) is 5.75 Å². The third kappa shape index (κ3) is 3.83. The fraction of sp³-hybridized carbons (Fsp3) is 0.400. The smallest absolute Gasteiger partial charge is 0.218 e. The van der Waals surface area contributed by atoms with Crippen LogP contribution in [0.3, 0.4) is 0 Å². The second kappa shape index (κ2) is 6.38. The number of hydrogen-bond donors (Lipinski definition) is 1. The molecule has 0 saturated heterocycles. The van der Waals surface area contributed by atoms with E-state index in [0.717, 1.165) is 31.8 Å². The van der Waals surface area contributed by atoms with Crippen molar-refractivity contribution >= 4 is 11.5 Å². The Labute approximate surface area is 113 Å². The molecule has 0 spiro atoms. The summed E-state index contributed by atoms with van der Waals surface area (Å²) in [5, 5.41) is 0. The number of nitrogens with zero attached hydrogens (tertiary/aromatic N) is 1. The second-order valence-corrected chi connectivity index (χ2v) is 4.72. The first-order valence-corrected chi connectivity index (χ1v) is 6.53. The topological polar surface area (TPSA) is 55.6 Å². The van der Waals surface area contributed by atoms with E-state index in [2.05, 4.69) is 23.1 Å². The maximum Gasteiger partial charge on any atom is 0.218 e. The van der Waals surface area contributed by atoms with Crippen LogP contribution in [0, 0.1) is 0 Å². The molecule has 1 aromatic rings. The summed E-state index contributed by atoms with van der Waals surface area (Å²) in [6.07, 6.45) is 3.67. The molecule has 102 valence electrons. The quantitative estimate of drug-likeness (QED) is 0.876. The van der Waals surface area contributed by atoms with Gasteiger partial charge in [0, 0.05) is 26.1 Å². The Morgan fingerprint density at radius 2 is 2.11 bits per heavy atom. The van der Waals surface area contributed by atoms with Gasteiger partial charge in [-0.3, -0.25) is 9.69 Å². The number of carbonyl (C=O) groups is 1. The highest BCUT2D eigenvalue weighted by atomic mass is 16.5. The Morgan fingerprint density at radius 3 is 2.63 bits per heavy atom. The average molecular weight is 260 g/mol. The lowest BCUT2D eigenvalue weighted by Gasteiger charge is -2.26. The monoisotopic (exact) mass is 260 g/mol. The van der Waals surface area contributed by atoms with Gasteiger partial charge >= 0.3 is 0 Å². The largest absolute Gasteiger partial charge is 0.497 e. The molecule has 1 heterocycles. The van der Waals surface area contributed by atoms with Gasteiger partial charge in [0.25, 0.3) is 0 Å². The van der Waals surface area contributed by atoms with Gasteiger partial charge in [-0.05, 0) is 29.7 Å². The molecular weight excluding hydrogens is 240 g/mol. The Balaban J connectivity index is 1.94. The van der Waals surface area contributed by atoms with E-state index >= 15 is 0 Å². The summed E-state index contributed by atoms with van der Waals surface area (Å²) in [6.45, 7) is 2.61. The summed E-state index contributed by atoms with van der Waals surface area (Å²) in [4.78, 5) is 13.0. The van der Waals surface area contributed by atoms with Crippen molar-refractivity contribution in [2.75, 3.05) is 26.7 Å². The van der Waals surface area contributed by atoms with Crippen LogP contribution in [-0.2, 0) is 4.79 Å². The van der Waals surface area contributed by atoms with Gasteiger partial charge in [-0.15, -0.1) is 0 Å². The molecule has 0 fully saturated rings. The highest BCUT2D eigenvalue weighted by Gasteiger charge is 2.13. The molecule has 4 heteroatoms. The minimum atomic E-state index is -0.232. The standard InChI is InChI=1S/C15H20N2O2/c1-19-14-4-2-12(3-5-14)13-6-9-17(10-7-13)11-8-15(16)18/h2-6H,7-11H2,1H3,(H2,16,18). The number of benzene rings is 1. The molecule has 0 aromatic heterocycles. The van der Waals surface area contributed by atoms with E-state index in [9.17, 15) is 4.79 Å². The molecule has 1 aliphatic rings. The van der Waals surface area contributed by atoms with Gasteiger partial charge in [-0.2, -0.15) is 0 Å². The van der Waals surface area contributed by atoms with Gasteiger partial charge in [-0.25, -0.2) is 0 Å². The second-order valence-electron chi connectivity index (χ2n) is 4.72. The SMILES string of the molecule is COc1ccc(C2=CCN(CCC(N)=O)CC2)cc1. The maximum atomic E-state index is 10.8. The van der Waals surface area contributed by atoms with E-state index in [4.69, 9.17) is 10.5 Å². The first-order valence-electron chi connectivity index (χ1n) is 6.53. The molecule has 0 bridgehead atoms. The van der Waals surface area contributed by atoms with E-state index in [-0.39, 0.29) is 5.91 Å². The lowest BCUT2D eigenvalue weighted by molar-refractivity contribution is -0.118. The maximum absolute atomic E-state index is 10.8. The molecule has 4 nitrogen and oxygen atoms in total. The summed E-state index contributed by atoms with van der Waals surface area (Å²) >= 11 is 0. The Hall–Kier alpha value is -1.81. The number of ether oxygens (including phenoxy) is 1. The van der Waals surface area contributed by atoms with Gasteiger partial charge in [0.15, 0.2) is 0 Å². The zero-order valence-electron chi connectivity index (χ0n) is 11.3. The summed E-state index contributed by atoms with van der Waals surface area (Å²) in [5.74, 6) is 0.646. The number of primary amides is 1. The van der Waals surface area contributed by atoms with E-state index in [1.54, 1.807) is 7.11 Å². The van der Waals surface area contributed by atoms with Crippen LogP contribution in [0.5, 0.6) is 5.75 Å². The van der Waals surface area contributed by atoms with Crippen molar-refractivity contribution in [3.8, 4) is 5.75 Å². The molecule has 0 atom stereocenters. The third-order valence-electron chi connectivity index (χ3n) is 3.43. The normalized spacial score (nSPS) is 15.9. The predicted molar refractivity (Wildman–Crippen MR) is 75.8 cm³/mol. The number of methoxy groups -OCH3 is 1. The predicted octanol–water partition coefficient (Wildman–Crippen LogP) is 1.66. The minimum absolute atomic E-state index is 0.232. The lowest BCUT2D eigenvalue weighted by atomic mass is 9.99. The minimum Gasteiger partial charge on any atom is -0.497 e. The summed E-state index contributed by atoms with van der Waals surface area (Å²) in [6, 6.07) is 8.14. The zero-order valence-corrected chi connectivity index (χ0v) is 11.3. The molecule has 0 saturated carbocycles. The molecule has 1 aliphatic heterocycles. The summed E-state index contributed by atoms with van der Waals surface area (Å²) in [5.41, 5.74) is 7.77. The fourth-order valence-electron chi connectivity index (χ4n) is 2.25. The molecule has 1 amide bonds. The molecule has 0 aliphatic carbocycles. The molecular formula is C15H20N2O2. The van der Waals surface area contributed by atoms with Crippen LogP contribution in [0.4, 0.5) is 0 Å². The van der Waals surface area contributed by atoms with E-state index in [1.807, 2.05) is 12.1 Å². The van der Waals surface area contributed by atoms with Crippen molar-refractivity contribution in [2.45, 2.75) is 12.8 Å². The van der Waals surface area contributed by atoms with Crippen molar-refractivity contribution < 1.29 is 9.53 Å². The number of amides is 1. The van der Waals surface area contributed by atoms with Gasteiger partial charge < -0.3 is 10.5 Å². The van der Waals surface area contributed by atoms with Gasteiger partial charge in [0.05, 0.1) is 7.11 Å². The Bertz CT molecular complexity index is 466. The summed E-state index contributed by atoms with van der Waals surface area (Å²) in [7, 11) is 1.67. The summed E-state index contributed by atoms with van der Waals surface area (Å²) < 4.78 is 5.16. The Kier molecular flexibility index (Phi) is 4.58. The van der Waals surface area contributed by atoms with E-state index in [1.165, 1.54) is 11.1 Å². The highest BCUT2D eigenvalue weighted by molar-refractivity contribution is 5.74. The van der Waals surface area contributed by atoms with Gasteiger partial charge in [-0.1, -0.05) is 18.2 Å². The molecule has 19 heavy (non-hydrogen) atoms.